The number of rotatable bonds is 3. The van der Waals surface area contributed by atoms with Crippen LogP contribution in [0.1, 0.15) is 45.4 Å². The van der Waals surface area contributed by atoms with Crippen molar-refractivity contribution in [2.24, 2.45) is 11.7 Å². The van der Waals surface area contributed by atoms with Crippen molar-refractivity contribution < 1.29 is 4.79 Å². The lowest BCUT2D eigenvalue weighted by Crippen LogP contribution is -2.49. The van der Waals surface area contributed by atoms with E-state index < -0.39 is 5.54 Å². The molecule has 2 N–H and O–H groups in total. The Bertz CT molecular complexity index is 251. The van der Waals surface area contributed by atoms with Crippen LogP contribution in [0.4, 0.5) is 0 Å². The molecule has 1 saturated carbocycles. The predicted molar refractivity (Wildman–Crippen MR) is 67.6 cm³/mol. The number of hydrogen-bond donors (Lipinski definition) is 1. The zero-order valence-corrected chi connectivity index (χ0v) is 10.9. The molecular formula is C12H23ClN2O. The lowest BCUT2D eigenvalue weighted by Gasteiger charge is -2.34. The lowest BCUT2D eigenvalue weighted by molar-refractivity contribution is -0.135. The summed E-state index contributed by atoms with van der Waals surface area (Å²) >= 11 is 0. The first kappa shape index (κ1) is 13.8. The fourth-order valence-corrected chi connectivity index (χ4v) is 2.56. The third-order valence-electron chi connectivity index (χ3n) is 3.72. The highest BCUT2D eigenvalue weighted by Crippen LogP contribution is 2.35. The largest absolute Gasteiger partial charge is 0.341 e. The van der Waals surface area contributed by atoms with E-state index >= 15 is 0 Å². The third-order valence-corrected chi connectivity index (χ3v) is 3.72. The first-order valence-electron chi connectivity index (χ1n) is 6.24. The van der Waals surface area contributed by atoms with Crippen molar-refractivity contribution >= 4 is 18.3 Å². The Kier molecular flexibility index (Phi) is 4.62. The zero-order valence-electron chi connectivity index (χ0n) is 10.1. The molecule has 0 radical (unpaired) electrons. The minimum atomic E-state index is -0.464. The summed E-state index contributed by atoms with van der Waals surface area (Å²) in [6.45, 7) is 4.09. The van der Waals surface area contributed by atoms with Crippen LogP contribution in [0.2, 0.25) is 0 Å². The van der Waals surface area contributed by atoms with Gasteiger partial charge in [0.05, 0.1) is 5.54 Å². The highest BCUT2D eigenvalue weighted by atomic mass is 35.5. The molecule has 0 bridgehead atoms. The molecule has 1 unspecified atom stereocenters. The first-order valence-corrected chi connectivity index (χ1v) is 6.24. The number of halogens is 1. The Morgan fingerprint density at radius 3 is 2.75 bits per heavy atom. The second kappa shape index (κ2) is 5.37. The summed E-state index contributed by atoms with van der Waals surface area (Å²) in [7, 11) is 0. The summed E-state index contributed by atoms with van der Waals surface area (Å²) in [5.41, 5.74) is 5.48. The van der Waals surface area contributed by atoms with Gasteiger partial charge in [-0.2, -0.15) is 0 Å². The quantitative estimate of drug-likeness (QED) is 0.827. The van der Waals surface area contributed by atoms with E-state index in [1.54, 1.807) is 0 Å². The van der Waals surface area contributed by atoms with Crippen molar-refractivity contribution in [3.63, 3.8) is 0 Å². The van der Waals surface area contributed by atoms with Gasteiger partial charge in [0.2, 0.25) is 5.91 Å². The van der Waals surface area contributed by atoms with Crippen LogP contribution in [-0.4, -0.2) is 29.4 Å². The smallest absolute Gasteiger partial charge is 0.242 e. The molecule has 94 valence electrons. The monoisotopic (exact) mass is 246 g/mol. The van der Waals surface area contributed by atoms with Crippen LogP contribution >= 0.6 is 12.4 Å². The standard InChI is InChI=1S/C12H22N2O.ClH/c1-2-4-10-5-3-8-14(9-10)11(15)12(13)6-7-12;/h10H,2-9,13H2,1H3;1H. The summed E-state index contributed by atoms with van der Waals surface area (Å²) in [6.07, 6.45) is 6.70. The summed E-state index contributed by atoms with van der Waals surface area (Å²) < 4.78 is 0. The van der Waals surface area contributed by atoms with Crippen molar-refractivity contribution in [2.75, 3.05) is 13.1 Å². The molecule has 1 aliphatic carbocycles. The molecule has 1 heterocycles. The van der Waals surface area contributed by atoms with E-state index in [0.29, 0.717) is 0 Å². The van der Waals surface area contributed by atoms with Gasteiger partial charge in [0, 0.05) is 13.1 Å². The van der Waals surface area contributed by atoms with Crippen LogP contribution in [0.3, 0.4) is 0 Å². The second-order valence-electron chi connectivity index (χ2n) is 5.20. The molecule has 0 spiro atoms. The number of hydrogen-bond acceptors (Lipinski definition) is 2. The van der Waals surface area contributed by atoms with E-state index in [9.17, 15) is 4.79 Å². The summed E-state index contributed by atoms with van der Waals surface area (Å²) in [4.78, 5) is 14.0. The molecular weight excluding hydrogens is 224 g/mol. The molecule has 1 aliphatic heterocycles. The zero-order chi connectivity index (χ0) is 10.9. The van der Waals surface area contributed by atoms with Gasteiger partial charge in [0.1, 0.15) is 0 Å². The fraction of sp³-hybridized carbons (Fsp3) is 0.917. The van der Waals surface area contributed by atoms with E-state index in [1.165, 1.54) is 19.3 Å². The van der Waals surface area contributed by atoms with Crippen LogP contribution in [0.25, 0.3) is 0 Å². The lowest BCUT2D eigenvalue weighted by atomic mass is 9.93. The number of carbonyl (C=O) groups is 1. The molecule has 16 heavy (non-hydrogen) atoms. The molecule has 1 amide bonds. The molecule has 1 atom stereocenters. The summed E-state index contributed by atoms with van der Waals surface area (Å²) in [5.74, 6) is 0.929. The van der Waals surface area contributed by atoms with Gasteiger partial charge < -0.3 is 10.6 Å². The van der Waals surface area contributed by atoms with Crippen LogP contribution in [-0.2, 0) is 4.79 Å². The van der Waals surface area contributed by atoms with Gasteiger partial charge in [-0.3, -0.25) is 4.79 Å². The van der Waals surface area contributed by atoms with Gasteiger partial charge in [-0.15, -0.1) is 12.4 Å². The molecule has 0 aromatic heterocycles. The third kappa shape index (κ3) is 2.89. The first-order chi connectivity index (χ1) is 7.15. The van der Waals surface area contributed by atoms with Gasteiger partial charge >= 0.3 is 0 Å². The van der Waals surface area contributed by atoms with Crippen molar-refractivity contribution in [2.45, 2.75) is 51.0 Å². The van der Waals surface area contributed by atoms with E-state index in [2.05, 4.69) is 6.92 Å². The molecule has 2 rings (SSSR count). The molecule has 3 nitrogen and oxygen atoms in total. The maximum atomic E-state index is 12.0. The normalized spacial score (nSPS) is 27.1. The minimum absolute atomic E-state index is 0. The Hall–Kier alpha value is -0.280. The van der Waals surface area contributed by atoms with Gasteiger partial charge in [-0.1, -0.05) is 13.3 Å². The highest BCUT2D eigenvalue weighted by molar-refractivity contribution is 5.89. The minimum Gasteiger partial charge on any atom is -0.341 e. The maximum Gasteiger partial charge on any atom is 0.242 e. The molecule has 2 fully saturated rings. The van der Waals surface area contributed by atoms with Crippen molar-refractivity contribution in [1.82, 2.24) is 4.90 Å². The van der Waals surface area contributed by atoms with Crippen LogP contribution < -0.4 is 5.73 Å². The number of piperidine rings is 1. The number of amides is 1. The van der Waals surface area contributed by atoms with Crippen molar-refractivity contribution in [3.8, 4) is 0 Å². The van der Waals surface area contributed by atoms with Crippen LogP contribution in [0.5, 0.6) is 0 Å². The SMILES string of the molecule is CCCC1CCCN(C(=O)C2(N)CC2)C1.Cl. The number of nitrogens with two attached hydrogens (primary N) is 1. The number of carbonyl (C=O) groups excluding carboxylic acids is 1. The summed E-state index contributed by atoms with van der Waals surface area (Å²) in [6, 6.07) is 0. The molecule has 2 aliphatic rings. The van der Waals surface area contributed by atoms with Crippen LogP contribution in [0.15, 0.2) is 0 Å². The maximum absolute atomic E-state index is 12.0. The van der Waals surface area contributed by atoms with Gasteiger partial charge in [0.15, 0.2) is 0 Å². The van der Waals surface area contributed by atoms with Crippen LogP contribution in [0, 0.1) is 5.92 Å². The number of likely N-dealkylation sites (tertiary alicyclic amines) is 1. The van der Waals surface area contributed by atoms with E-state index in [0.717, 1.165) is 38.3 Å². The van der Waals surface area contributed by atoms with Crippen molar-refractivity contribution in [1.29, 1.82) is 0 Å². The Morgan fingerprint density at radius 2 is 2.19 bits per heavy atom. The highest BCUT2D eigenvalue weighted by Gasteiger charge is 2.48. The topological polar surface area (TPSA) is 46.3 Å². The second-order valence-corrected chi connectivity index (χ2v) is 5.20. The average Bonchev–Trinajstić information content (AvgIpc) is 2.98. The van der Waals surface area contributed by atoms with Gasteiger partial charge in [0.25, 0.3) is 0 Å². The fourth-order valence-electron chi connectivity index (χ4n) is 2.56. The van der Waals surface area contributed by atoms with Gasteiger partial charge in [-0.25, -0.2) is 0 Å². The predicted octanol–water partition coefficient (Wildman–Crippen LogP) is 1.94. The Morgan fingerprint density at radius 1 is 1.50 bits per heavy atom. The average molecular weight is 247 g/mol. The number of nitrogens with zero attached hydrogens (tertiary/aromatic N) is 1. The molecule has 0 aromatic rings. The molecule has 0 aromatic carbocycles. The summed E-state index contributed by atoms with van der Waals surface area (Å²) in [5, 5.41) is 0. The van der Waals surface area contributed by atoms with E-state index in [-0.39, 0.29) is 18.3 Å². The van der Waals surface area contributed by atoms with E-state index in [1.807, 2.05) is 4.90 Å². The molecule has 4 heteroatoms. The Labute approximate surface area is 104 Å². The van der Waals surface area contributed by atoms with Gasteiger partial charge in [-0.05, 0) is 38.0 Å². The van der Waals surface area contributed by atoms with E-state index in [4.69, 9.17) is 5.73 Å². The van der Waals surface area contributed by atoms with Crippen molar-refractivity contribution in [3.05, 3.63) is 0 Å². The molecule has 1 saturated heterocycles. The Balaban J connectivity index is 0.00000128.